The average Bonchev–Trinajstić information content (AvgIpc) is 2.88. The van der Waals surface area contributed by atoms with Crippen molar-refractivity contribution in [3.8, 4) is 0 Å². The van der Waals surface area contributed by atoms with Crippen molar-refractivity contribution in [1.82, 2.24) is 20.1 Å². The van der Waals surface area contributed by atoms with Crippen LogP contribution in [0.25, 0.3) is 11.0 Å². The van der Waals surface area contributed by atoms with E-state index < -0.39 is 5.60 Å². The van der Waals surface area contributed by atoms with E-state index in [-0.39, 0.29) is 6.09 Å². The first kappa shape index (κ1) is 16.1. The number of aromatic nitrogens is 3. The Labute approximate surface area is 140 Å². The van der Waals surface area contributed by atoms with E-state index in [2.05, 4.69) is 15.2 Å². The van der Waals surface area contributed by atoms with Gasteiger partial charge in [-0.3, -0.25) is 0 Å². The second-order valence-electron chi connectivity index (χ2n) is 6.93. The van der Waals surface area contributed by atoms with Crippen molar-refractivity contribution in [2.24, 2.45) is 0 Å². The summed E-state index contributed by atoms with van der Waals surface area (Å²) >= 11 is 5.87. The molecule has 6 nitrogen and oxygen atoms in total. The van der Waals surface area contributed by atoms with E-state index in [1.807, 2.05) is 26.8 Å². The van der Waals surface area contributed by atoms with Gasteiger partial charge in [0.05, 0.1) is 5.52 Å². The van der Waals surface area contributed by atoms with Gasteiger partial charge in [0.25, 0.3) is 0 Å². The number of fused-ring (bicyclic) bond motifs is 1. The molecule has 3 heterocycles. The second kappa shape index (κ2) is 6.00. The van der Waals surface area contributed by atoms with E-state index in [0.29, 0.717) is 24.2 Å². The molecule has 0 radical (unpaired) electrons. The third-order valence-corrected chi connectivity index (χ3v) is 4.14. The van der Waals surface area contributed by atoms with Crippen molar-refractivity contribution in [3.63, 3.8) is 0 Å². The van der Waals surface area contributed by atoms with Crippen LogP contribution in [-0.4, -0.2) is 44.9 Å². The monoisotopic (exact) mass is 336 g/mol. The smallest absolute Gasteiger partial charge is 0.410 e. The van der Waals surface area contributed by atoms with Gasteiger partial charge in [0.15, 0.2) is 5.15 Å². The first-order valence-electron chi connectivity index (χ1n) is 7.81. The number of carbonyl (C=O) groups excluding carboxylic acids is 1. The van der Waals surface area contributed by atoms with Crippen LogP contribution in [0.2, 0.25) is 5.15 Å². The first-order chi connectivity index (χ1) is 10.8. The third kappa shape index (κ3) is 3.75. The van der Waals surface area contributed by atoms with E-state index >= 15 is 0 Å². The van der Waals surface area contributed by atoms with Crippen LogP contribution in [0.1, 0.15) is 45.2 Å². The zero-order valence-electron chi connectivity index (χ0n) is 13.6. The van der Waals surface area contributed by atoms with Gasteiger partial charge in [-0.25, -0.2) is 4.79 Å². The summed E-state index contributed by atoms with van der Waals surface area (Å²) in [5.74, 6) is 0.377. The van der Waals surface area contributed by atoms with E-state index in [0.717, 1.165) is 29.6 Å². The highest BCUT2D eigenvalue weighted by Gasteiger charge is 2.28. The molecule has 1 aliphatic heterocycles. The molecule has 1 amide bonds. The molecule has 1 fully saturated rings. The predicted molar refractivity (Wildman–Crippen MR) is 88.7 cm³/mol. The van der Waals surface area contributed by atoms with Crippen molar-refractivity contribution in [2.45, 2.75) is 45.1 Å². The summed E-state index contributed by atoms with van der Waals surface area (Å²) in [6.45, 7) is 7.04. The van der Waals surface area contributed by atoms with Gasteiger partial charge in [-0.15, -0.1) is 10.2 Å². The molecular weight excluding hydrogens is 316 g/mol. The molecule has 0 spiro atoms. The molecule has 2 aromatic rings. The van der Waals surface area contributed by atoms with Gasteiger partial charge in [0.1, 0.15) is 11.1 Å². The summed E-state index contributed by atoms with van der Waals surface area (Å²) in [4.78, 5) is 17.2. The Morgan fingerprint density at radius 3 is 2.65 bits per heavy atom. The van der Waals surface area contributed by atoms with Crippen LogP contribution in [0.4, 0.5) is 4.79 Å². The fourth-order valence-corrected chi connectivity index (χ4v) is 2.99. The molecule has 0 unspecified atom stereocenters. The van der Waals surface area contributed by atoms with Crippen LogP contribution < -0.4 is 0 Å². The summed E-state index contributed by atoms with van der Waals surface area (Å²) in [6.07, 6.45) is 1.56. The number of aromatic amines is 1. The van der Waals surface area contributed by atoms with Gasteiger partial charge in [0, 0.05) is 30.8 Å². The molecule has 1 aliphatic rings. The summed E-state index contributed by atoms with van der Waals surface area (Å²) in [5, 5.41) is 8.32. The van der Waals surface area contributed by atoms with Crippen LogP contribution in [0.5, 0.6) is 0 Å². The summed E-state index contributed by atoms with van der Waals surface area (Å²) in [7, 11) is 0. The quantitative estimate of drug-likeness (QED) is 0.861. The van der Waals surface area contributed by atoms with E-state index in [1.54, 1.807) is 11.0 Å². The molecule has 7 heteroatoms. The standard InChI is InChI=1S/C16H21ClN4O2/c1-16(2,3)23-15(22)21-6-4-10(5-7-21)11-8-13-12(18-11)9-14(17)20-19-13/h8-10,18H,4-7H2,1-3H3. The third-order valence-electron chi connectivity index (χ3n) is 3.95. The predicted octanol–water partition coefficient (Wildman–Crippen LogP) is 3.73. The van der Waals surface area contributed by atoms with Crippen molar-refractivity contribution >= 4 is 28.7 Å². The number of likely N-dealkylation sites (tertiary alicyclic amines) is 1. The molecule has 3 rings (SSSR count). The summed E-state index contributed by atoms with van der Waals surface area (Å²) in [5.41, 5.74) is 2.39. The molecule has 0 aliphatic carbocycles. The number of nitrogens with zero attached hydrogens (tertiary/aromatic N) is 3. The van der Waals surface area contributed by atoms with Crippen LogP contribution in [0.3, 0.4) is 0 Å². The lowest BCUT2D eigenvalue weighted by Crippen LogP contribution is -2.41. The normalized spacial score (nSPS) is 16.8. The average molecular weight is 337 g/mol. The zero-order valence-corrected chi connectivity index (χ0v) is 14.4. The van der Waals surface area contributed by atoms with E-state index in [4.69, 9.17) is 16.3 Å². The number of halogens is 1. The fourth-order valence-electron chi connectivity index (χ4n) is 2.84. The molecule has 0 aromatic carbocycles. The molecular formula is C16H21ClN4O2. The number of rotatable bonds is 1. The molecule has 1 N–H and O–H groups in total. The zero-order chi connectivity index (χ0) is 16.6. The van der Waals surface area contributed by atoms with Crippen LogP contribution in [0.15, 0.2) is 12.1 Å². The van der Waals surface area contributed by atoms with Gasteiger partial charge in [-0.1, -0.05) is 11.6 Å². The van der Waals surface area contributed by atoms with Gasteiger partial charge in [0.2, 0.25) is 0 Å². The minimum atomic E-state index is -0.455. The van der Waals surface area contributed by atoms with E-state index in [9.17, 15) is 4.79 Å². The molecule has 23 heavy (non-hydrogen) atoms. The SMILES string of the molecule is CC(C)(C)OC(=O)N1CCC(c2cc3nnc(Cl)cc3[nH]2)CC1. The Morgan fingerprint density at radius 2 is 2.00 bits per heavy atom. The first-order valence-corrected chi connectivity index (χ1v) is 8.19. The Kier molecular flexibility index (Phi) is 4.19. The van der Waals surface area contributed by atoms with Gasteiger partial charge < -0.3 is 14.6 Å². The Hall–Kier alpha value is -1.82. The summed E-state index contributed by atoms with van der Waals surface area (Å²) < 4.78 is 5.43. The lowest BCUT2D eigenvalue weighted by molar-refractivity contribution is 0.0204. The summed E-state index contributed by atoms with van der Waals surface area (Å²) in [6, 6.07) is 3.80. The van der Waals surface area contributed by atoms with Crippen molar-refractivity contribution in [1.29, 1.82) is 0 Å². The van der Waals surface area contributed by atoms with Gasteiger partial charge in [-0.05, 0) is 39.7 Å². The molecule has 0 saturated carbocycles. The maximum Gasteiger partial charge on any atom is 0.410 e. The number of H-pyrrole nitrogens is 1. The highest BCUT2D eigenvalue weighted by atomic mass is 35.5. The number of carbonyl (C=O) groups is 1. The fraction of sp³-hybridized carbons (Fsp3) is 0.562. The molecule has 0 atom stereocenters. The second-order valence-corrected chi connectivity index (χ2v) is 7.32. The lowest BCUT2D eigenvalue weighted by atomic mass is 9.94. The van der Waals surface area contributed by atoms with Crippen molar-refractivity contribution < 1.29 is 9.53 Å². The van der Waals surface area contributed by atoms with Gasteiger partial charge in [-0.2, -0.15) is 0 Å². The molecule has 1 saturated heterocycles. The Morgan fingerprint density at radius 1 is 1.30 bits per heavy atom. The Balaban J connectivity index is 1.65. The maximum absolute atomic E-state index is 12.1. The number of amides is 1. The van der Waals surface area contributed by atoms with Crippen molar-refractivity contribution in [3.05, 3.63) is 23.0 Å². The maximum atomic E-state index is 12.1. The Bertz CT molecular complexity index is 714. The van der Waals surface area contributed by atoms with Gasteiger partial charge >= 0.3 is 6.09 Å². The minimum absolute atomic E-state index is 0.231. The number of hydrogen-bond acceptors (Lipinski definition) is 4. The topological polar surface area (TPSA) is 71.1 Å². The number of ether oxygens (including phenoxy) is 1. The minimum Gasteiger partial charge on any atom is -0.444 e. The number of piperidine rings is 1. The highest BCUT2D eigenvalue weighted by Crippen LogP contribution is 2.30. The molecule has 0 bridgehead atoms. The number of nitrogens with one attached hydrogen (secondary N) is 1. The largest absolute Gasteiger partial charge is 0.444 e. The van der Waals surface area contributed by atoms with Crippen LogP contribution in [-0.2, 0) is 4.74 Å². The lowest BCUT2D eigenvalue weighted by Gasteiger charge is -2.33. The highest BCUT2D eigenvalue weighted by molar-refractivity contribution is 6.29. The molecule has 124 valence electrons. The number of hydrogen-bond donors (Lipinski definition) is 1. The van der Waals surface area contributed by atoms with Crippen LogP contribution in [0, 0.1) is 0 Å². The van der Waals surface area contributed by atoms with Crippen LogP contribution >= 0.6 is 11.6 Å². The molecule has 2 aromatic heterocycles. The van der Waals surface area contributed by atoms with E-state index in [1.165, 1.54) is 0 Å². The van der Waals surface area contributed by atoms with Crippen molar-refractivity contribution in [2.75, 3.05) is 13.1 Å².